The number of hydrogen-bond acceptors (Lipinski definition) is 3. The first-order valence-electron chi connectivity index (χ1n) is 10.2. The van der Waals surface area contributed by atoms with Crippen molar-refractivity contribution in [1.29, 1.82) is 0 Å². The van der Waals surface area contributed by atoms with Gasteiger partial charge in [-0.1, -0.05) is 18.2 Å². The number of H-pyrrole nitrogens is 1. The van der Waals surface area contributed by atoms with E-state index in [1.54, 1.807) is 0 Å². The Labute approximate surface area is 166 Å². The van der Waals surface area contributed by atoms with Crippen LogP contribution < -0.4 is 10.5 Å². The molecule has 0 fully saturated rings. The first kappa shape index (κ1) is 17.6. The van der Waals surface area contributed by atoms with Crippen molar-refractivity contribution in [2.75, 3.05) is 18.8 Å². The number of aromatic amines is 1. The molecule has 1 atom stereocenters. The van der Waals surface area contributed by atoms with Crippen LogP contribution in [0.2, 0.25) is 0 Å². The van der Waals surface area contributed by atoms with Gasteiger partial charge in [-0.2, -0.15) is 0 Å². The Hall–Kier alpha value is -2.46. The van der Waals surface area contributed by atoms with E-state index in [1.165, 1.54) is 38.9 Å². The van der Waals surface area contributed by atoms with Gasteiger partial charge in [0.05, 0.1) is 0 Å². The summed E-state index contributed by atoms with van der Waals surface area (Å²) >= 11 is 0. The lowest BCUT2D eigenvalue weighted by Crippen LogP contribution is -2.46. The quantitative estimate of drug-likeness (QED) is 0.652. The molecular formula is C24H29N3O. The molecule has 4 nitrogen and oxygen atoms in total. The van der Waals surface area contributed by atoms with Crippen LogP contribution in [0.5, 0.6) is 5.75 Å². The summed E-state index contributed by atoms with van der Waals surface area (Å²) in [6.45, 7) is 11.6. The molecule has 3 heterocycles. The summed E-state index contributed by atoms with van der Waals surface area (Å²) in [6.07, 6.45) is 2.02. The highest BCUT2D eigenvalue weighted by molar-refractivity contribution is 5.84. The standard InChI is InChI=1S/C24H29N3O/c1-14-15(2)23-19(16(3)22(14)25)11-24(4,28-23)13-27-10-9-18-17-7-5-6-8-20(17)26-21(18)12-27/h5-8,26H,9-13,25H2,1-4H3. The summed E-state index contributed by atoms with van der Waals surface area (Å²) in [7, 11) is 0. The molecular weight excluding hydrogens is 346 g/mol. The second-order valence-electron chi connectivity index (χ2n) is 8.91. The highest BCUT2D eigenvalue weighted by Crippen LogP contribution is 2.44. The molecule has 0 radical (unpaired) electrons. The third-order valence-corrected chi connectivity index (χ3v) is 6.86. The lowest BCUT2D eigenvalue weighted by Gasteiger charge is -2.34. The molecule has 2 aromatic carbocycles. The minimum atomic E-state index is -0.207. The monoisotopic (exact) mass is 375 g/mol. The molecule has 0 bridgehead atoms. The van der Waals surface area contributed by atoms with Crippen molar-refractivity contribution in [3.8, 4) is 5.75 Å². The van der Waals surface area contributed by atoms with Crippen LogP contribution in [-0.2, 0) is 19.4 Å². The van der Waals surface area contributed by atoms with E-state index in [9.17, 15) is 0 Å². The van der Waals surface area contributed by atoms with Crippen LogP contribution in [0.15, 0.2) is 24.3 Å². The van der Waals surface area contributed by atoms with Crippen LogP contribution in [0, 0.1) is 20.8 Å². The number of hydrogen-bond donors (Lipinski definition) is 2. The Bertz CT molecular complexity index is 1060. The van der Waals surface area contributed by atoms with E-state index in [4.69, 9.17) is 10.5 Å². The molecule has 1 aromatic heterocycles. The van der Waals surface area contributed by atoms with Crippen LogP contribution in [0.3, 0.4) is 0 Å². The molecule has 1 unspecified atom stereocenters. The fraction of sp³-hybridized carbons (Fsp3) is 0.417. The normalized spacial score (nSPS) is 21.6. The first-order valence-corrected chi connectivity index (χ1v) is 10.2. The number of aromatic nitrogens is 1. The molecule has 0 saturated carbocycles. The molecule has 4 heteroatoms. The van der Waals surface area contributed by atoms with Gasteiger partial charge in [-0.15, -0.1) is 0 Å². The van der Waals surface area contributed by atoms with E-state index in [1.807, 2.05) is 0 Å². The van der Waals surface area contributed by atoms with Crippen LogP contribution in [0.4, 0.5) is 5.69 Å². The molecule has 0 saturated heterocycles. The maximum Gasteiger partial charge on any atom is 0.127 e. The third-order valence-electron chi connectivity index (χ3n) is 6.86. The van der Waals surface area contributed by atoms with Gasteiger partial charge < -0.3 is 15.5 Å². The summed E-state index contributed by atoms with van der Waals surface area (Å²) < 4.78 is 6.58. The number of benzene rings is 2. The number of anilines is 1. The SMILES string of the molecule is Cc1c(C)c2c(c(C)c1N)CC(C)(CN1CCc3c([nH]c4ccccc34)C1)O2. The van der Waals surface area contributed by atoms with Gasteiger partial charge in [0.25, 0.3) is 0 Å². The number of nitrogen functional groups attached to an aromatic ring is 1. The Kier molecular flexibility index (Phi) is 3.79. The summed E-state index contributed by atoms with van der Waals surface area (Å²) in [4.78, 5) is 6.17. The minimum Gasteiger partial charge on any atom is -0.485 e. The predicted octanol–water partition coefficient (Wildman–Crippen LogP) is 4.43. The number of rotatable bonds is 2. The first-order chi connectivity index (χ1) is 13.4. The second kappa shape index (κ2) is 6.02. The summed E-state index contributed by atoms with van der Waals surface area (Å²) in [6, 6.07) is 8.64. The zero-order chi connectivity index (χ0) is 19.6. The number of nitrogens with two attached hydrogens (primary N) is 1. The number of para-hydroxylation sites is 1. The van der Waals surface area contributed by atoms with Gasteiger partial charge >= 0.3 is 0 Å². The largest absolute Gasteiger partial charge is 0.485 e. The Morgan fingerprint density at radius 3 is 2.71 bits per heavy atom. The average molecular weight is 376 g/mol. The van der Waals surface area contributed by atoms with E-state index >= 15 is 0 Å². The van der Waals surface area contributed by atoms with Gasteiger partial charge in [0.15, 0.2) is 0 Å². The molecule has 3 aromatic rings. The zero-order valence-electron chi connectivity index (χ0n) is 17.3. The maximum absolute atomic E-state index is 6.58. The lowest BCUT2D eigenvalue weighted by molar-refractivity contribution is 0.0569. The number of fused-ring (bicyclic) bond motifs is 4. The van der Waals surface area contributed by atoms with E-state index in [2.05, 4.69) is 61.8 Å². The van der Waals surface area contributed by atoms with Crippen molar-refractivity contribution in [3.63, 3.8) is 0 Å². The van der Waals surface area contributed by atoms with Crippen LogP contribution in [0.25, 0.3) is 10.9 Å². The average Bonchev–Trinajstić information content (AvgIpc) is 3.22. The van der Waals surface area contributed by atoms with Crippen LogP contribution >= 0.6 is 0 Å². The highest BCUT2D eigenvalue weighted by atomic mass is 16.5. The third kappa shape index (κ3) is 2.55. The van der Waals surface area contributed by atoms with Crippen LogP contribution in [-0.4, -0.2) is 28.6 Å². The molecule has 146 valence electrons. The van der Waals surface area contributed by atoms with Gasteiger partial charge in [-0.25, -0.2) is 0 Å². The van der Waals surface area contributed by atoms with Gasteiger partial charge in [0, 0.05) is 53.9 Å². The van der Waals surface area contributed by atoms with Crippen LogP contribution in [0.1, 0.15) is 40.4 Å². The topological polar surface area (TPSA) is 54.3 Å². The molecule has 3 N–H and O–H groups in total. The van der Waals surface area contributed by atoms with Crippen molar-refractivity contribution in [2.45, 2.75) is 52.7 Å². The van der Waals surface area contributed by atoms with Crippen molar-refractivity contribution < 1.29 is 4.74 Å². The summed E-state index contributed by atoms with van der Waals surface area (Å²) in [5, 5.41) is 1.38. The van der Waals surface area contributed by atoms with Gasteiger partial charge in [0.1, 0.15) is 11.4 Å². The van der Waals surface area contributed by atoms with Crippen molar-refractivity contribution in [3.05, 3.63) is 57.8 Å². The van der Waals surface area contributed by atoms with E-state index in [0.717, 1.165) is 49.5 Å². The van der Waals surface area contributed by atoms with Crippen molar-refractivity contribution >= 4 is 16.6 Å². The Morgan fingerprint density at radius 1 is 1.11 bits per heavy atom. The summed E-state index contributed by atoms with van der Waals surface area (Å²) in [5.41, 5.74) is 16.0. The fourth-order valence-electron chi connectivity index (χ4n) is 5.17. The smallest absolute Gasteiger partial charge is 0.127 e. The molecule has 2 aliphatic rings. The lowest BCUT2D eigenvalue weighted by atomic mass is 9.91. The zero-order valence-corrected chi connectivity index (χ0v) is 17.3. The van der Waals surface area contributed by atoms with Gasteiger partial charge in [-0.3, -0.25) is 4.90 Å². The minimum absolute atomic E-state index is 0.207. The molecule has 0 amide bonds. The fourth-order valence-corrected chi connectivity index (χ4v) is 5.17. The van der Waals surface area contributed by atoms with Gasteiger partial charge in [-0.05, 0) is 62.4 Å². The predicted molar refractivity (Wildman–Crippen MR) is 115 cm³/mol. The van der Waals surface area contributed by atoms with Gasteiger partial charge in [0.2, 0.25) is 0 Å². The highest BCUT2D eigenvalue weighted by Gasteiger charge is 2.40. The maximum atomic E-state index is 6.58. The molecule has 28 heavy (non-hydrogen) atoms. The molecule has 0 spiro atoms. The van der Waals surface area contributed by atoms with E-state index in [-0.39, 0.29) is 5.60 Å². The summed E-state index contributed by atoms with van der Waals surface area (Å²) in [5.74, 6) is 1.06. The Morgan fingerprint density at radius 2 is 1.89 bits per heavy atom. The second-order valence-corrected chi connectivity index (χ2v) is 8.91. The van der Waals surface area contributed by atoms with Crippen molar-refractivity contribution in [2.24, 2.45) is 0 Å². The number of ether oxygens (including phenoxy) is 1. The number of nitrogens with zero attached hydrogens (tertiary/aromatic N) is 1. The van der Waals surface area contributed by atoms with E-state index < -0.39 is 0 Å². The Balaban J connectivity index is 1.40. The molecule has 2 aliphatic heterocycles. The number of nitrogens with one attached hydrogen (secondary N) is 1. The molecule has 0 aliphatic carbocycles. The van der Waals surface area contributed by atoms with Crippen molar-refractivity contribution in [1.82, 2.24) is 9.88 Å². The van der Waals surface area contributed by atoms with E-state index in [0.29, 0.717) is 0 Å². The molecule has 5 rings (SSSR count).